The van der Waals surface area contributed by atoms with Crippen molar-refractivity contribution in [2.24, 2.45) is 0 Å². The molecule has 1 aromatic carbocycles. The second-order valence-electron chi connectivity index (χ2n) is 7.48. The molecule has 7 nitrogen and oxygen atoms in total. The van der Waals surface area contributed by atoms with Crippen molar-refractivity contribution in [2.75, 3.05) is 46.6 Å². The Labute approximate surface area is 159 Å². The minimum atomic E-state index is -0.453. The Kier molecular flexibility index (Phi) is 5.14. The lowest BCUT2D eigenvalue weighted by Crippen LogP contribution is -2.60. The third kappa shape index (κ3) is 3.23. The van der Waals surface area contributed by atoms with Crippen LogP contribution < -0.4 is 14.2 Å². The van der Waals surface area contributed by atoms with Gasteiger partial charge in [-0.25, -0.2) is 0 Å². The number of carbonyl (C=O) groups excluding carboxylic acids is 1. The van der Waals surface area contributed by atoms with E-state index < -0.39 is 5.54 Å². The van der Waals surface area contributed by atoms with Crippen molar-refractivity contribution < 1.29 is 24.1 Å². The zero-order valence-corrected chi connectivity index (χ0v) is 15.9. The average molecular weight is 376 g/mol. The maximum absolute atomic E-state index is 13.2. The number of likely N-dealkylation sites (tertiary alicyclic amines) is 2. The third-order valence-corrected chi connectivity index (χ3v) is 6.00. The predicted octanol–water partition coefficient (Wildman–Crippen LogP) is 1.42. The summed E-state index contributed by atoms with van der Waals surface area (Å²) in [6, 6.07) is 3.87. The van der Waals surface area contributed by atoms with Gasteiger partial charge in [-0.3, -0.25) is 9.69 Å². The van der Waals surface area contributed by atoms with Gasteiger partial charge in [-0.15, -0.1) is 0 Å². The summed E-state index contributed by atoms with van der Waals surface area (Å²) in [6.45, 7) is 3.78. The first kappa shape index (κ1) is 18.4. The first-order valence-electron chi connectivity index (χ1n) is 9.80. The number of benzene rings is 1. The van der Waals surface area contributed by atoms with Gasteiger partial charge < -0.3 is 24.2 Å². The van der Waals surface area contributed by atoms with Crippen molar-refractivity contribution in [1.29, 1.82) is 0 Å². The Balaban J connectivity index is 1.61. The quantitative estimate of drug-likeness (QED) is 0.838. The molecule has 2 saturated heterocycles. The van der Waals surface area contributed by atoms with Gasteiger partial charge in [0.15, 0.2) is 11.5 Å². The number of methoxy groups -OCH3 is 1. The molecule has 4 rings (SSSR count). The van der Waals surface area contributed by atoms with E-state index in [2.05, 4.69) is 4.90 Å². The smallest absolute Gasteiger partial charge is 0.243 e. The number of ether oxygens (including phenoxy) is 3. The van der Waals surface area contributed by atoms with E-state index in [9.17, 15) is 9.90 Å². The molecule has 27 heavy (non-hydrogen) atoms. The number of piperidine rings is 1. The van der Waals surface area contributed by atoms with Crippen molar-refractivity contribution in [2.45, 2.75) is 37.8 Å². The minimum Gasteiger partial charge on any atom is -0.496 e. The van der Waals surface area contributed by atoms with Crippen LogP contribution in [-0.4, -0.2) is 72.9 Å². The molecule has 0 radical (unpaired) electrons. The molecule has 0 bridgehead atoms. The molecule has 1 atom stereocenters. The van der Waals surface area contributed by atoms with Gasteiger partial charge in [0.25, 0.3) is 0 Å². The summed E-state index contributed by atoms with van der Waals surface area (Å²) in [5.74, 6) is 2.37. The van der Waals surface area contributed by atoms with Gasteiger partial charge in [-0.05, 0) is 38.3 Å². The van der Waals surface area contributed by atoms with Crippen LogP contribution in [0.3, 0.4) is 0 Å². The maximum Gasteiger partial charge on any atom is 0.243 e. The highest BCUT2D eigenvalue weighted by molar-refractivity contribution is 5.87. The molecule has 0 saturated carbocycles. The Morgan fingerprint density at radius 1 is 1.15 bits per heavy atom. The zero-order valence-electron chi connectivity index (χ0n) is 15.9. The van der Waals surface area contributed by atoms with Crippen LogP contribution in [0.25, 0.3) is 0 Å². The SMILES string of the molecule is COc1cc2c(cc1CN1CCCC13CCCN(CCO)C3=O)OCCO2. The van der Waals surface area contributed by atoms with E-state index in [0.29, 0.717) is 32.1 Å². The number of rotatable bonds is 5. The topological polar surface area (TPSA) is 71.5 Å². The summed E-state index contributed by atoms with van der Waals surface area (Å²) < 4.78 is 17.0. The van der Waals surface area contributed by atoms with Crippen molar-refractivity contribution in [3.05, 3.63) is 17.7 Å². The van der Waals surface area contributed by atoms with Gasteiger partial charge in [-0.2, -0.15) is 0 Å². The molecule has 1 spiro atoms. The van der Waals surface area contributed by atoms with Gasteiger partial charge in [-0.1, -0.05) is 0 Å². The lowest BCUT2D eigenvalue weighted by atomic mass is 9.85. The summed E-state index contributed by atoms with van der Waals surface area (Å²) in [5, 5.41) is 9.30. The van der Waals surface area contributed by atoms with E-state index in [0.717, 1.165) is 55.8 Å². The number of hydrogen-bond donors (Lipinski definition) is 1. The van der Waals surface area contributed by atoms with Crippen molar-refractivity contribution in [3.63, 3.8) is 0 Å². The van der Waals surface area contributed by atoms with Gasteiger partial charge in [0.1, 0.15) is 24.5 Å². The standard InChI is InChI=1S/C20H28N2O5/c1-25-16-13-18-17(26-10-11-27-18)12-15(16)14-22-7-3-5-20(22)4-2-6-21(8-9-23)19(20)24/h12-13,23H,2-11,14H2,1H3. The molecule has 3 aliphatic rings. The maximum atomic E-state index is 13.2. The van der Waals surface area contributed by atoms with E-state index in [-0.39, 0.29) is 12.5 Å². The van der Waals surface area contributed by atoms with E-state index in [1.54, 1.807) is 7.11 Å². The molecule has 1 amide bonds. The average Bonchev–Trinajstić information content (AvgIpc) is 3.08. The fraction of sp³-hybridized carbons (Fsp3) is 0.650. The molecule has 3 aliphatic heterocycles. The first-order valence-corrected chi connectivity index (χ1v) is 9.80. The van der Waals surface area contributed by atoms with E-state index in [1.807, 2.05) is 17.0 Å². The Morgan fingerprint density at radius 2 is 1.85 bits per heavy atom. The zero-order chi connectivity index (χ0) is 18.9. The van der Waals surface area contributed by atoms with Gasteiger partial charge >= 0.3 is 0 Å². The second kappa shape index (κ2) is 7.56. The highest BCUT2D eigenvalue weighted by Crippen LogP contribution is 2.42. The Hall–Kier alpha value is -1.99. The molecule has 0 aromatic heterocycles. The summed E-state index contributed by atoms with van der Waals surface area (Å²) in [6.07, 6.45) is 3.73. The van der Waals surface area contributed by atoms with Crippen LogP contribution in [0.2, 0.25) is 0 Å². The van der Waals surface area contributed by atoms with Crippen molar-refractivity contribution in [1.82, 2.24) is 9.80 Å². The molecule has 7 heteroatoms. The number of amides is 1. The predicted molar refractivity (Wildman–Crippen MR) is 99.3 cm³/mol. The van der Waals surface area contributed by atoms with E-state index in [1.165, 1.54) is 0 Å². The molecule has 1 N–H and O–H groups in total. The lowest BCUT2D eigenvalue weighted by molar-refractivity contribution is -0.148. The van der Waals surface area contributed by atoms with Crippen LogP contribution in [0.4, 0.5) is 0 Å². The normalized spacial score (nSPS) is 25.3. The third-order valence-electron chi connectivity index (χ3n) is 6.00. The summed E-state index contributed by atoms with van der Waals surface area (Å²) in [5.41, 5.74) is 0.557. The molecular weight excluding hydrogens is 348 g/mol. The van der Waals surface area contributed by atoms with E-state index in [4.69, 9.17) is 14.2 Å². The van der Waals surface area contributed by atoms with Gasteiger partial charge in [0, 0.05) is 31.3 Å². The van der Waals surface area contributed by atoms with Crippen molar-refractivity contribution in [3.8, 4) is 17.2 Å². The van der Waals surface area contributed by atoms with Gasteiger partial charge in [0.2, 0.25) is 5.91 Å². The molecular formula is C20H28N2O5. The number of aliphatic hydroxyl groups excluding tert-OH is 1. The number of nitrogens with zero attached hydrogens (tertiary/aromatic N) is 2. The van der Waals surface area contributed by atoms with E-state index >= 15 is 0 Å². The number of aliphatic hydroxyl groups is 1. The molecule has 3 heterocycles. The fourth-order valence-electron chi connectivity index (χ4n) is 4.72. The van der Waals surface area contributed by atoms with Crippen LogP contribution in [-0.2, 0) is 11.3 Å². The van der Waals surface area contributed by atoms with Crippen LogP contribution in [0.1, 0.15) is 31.2 Å². The summed E-state index contributed by atoms with van der Waals surface area (Å²) >= 11 is 0. The van der Waals surface area contributed by atoms with Crippen LogP contribution in [0, 0.1) is 0 Å². The second-order valence-corrected chi connectivity index (χ2v) is 7.48. The fourth-order valence-corrected chi connectivity index (χ4v) is 4.72. The summed E-state index contributed by atoms with van der Waals surface area (Å²) in [7, 11) is 1.66. The monoisotopic (exact) mass is 376 g/mol. The Bertz CT molecular complexity index is 708. The number of carbonyl (C=O) groups is 1. The van der Waals surface area contributed by atoms with Gasteiger partial charge in [0.05, 0.1) is 13.7 Å². The molecule has 1 unspecified atom stereocenters. The van der Waals surface area contributed by atoms with Crippen LogP contribution in [0.5, 0.6) is 17.2 Å². The lowest BCUT2D eigenvalue weighted by Gasteiger charge is -2.44. The van der Waals surface area contributed by atoms with Crippen LogP contribution >= 0.6 is 0 Å². The minimum absolute atomic E-state index is 0.0117. The molecule has 1 aromatic rings. The van der Waals surface area contributed by atoms with Crippen LogP contribution in [0.15, 0.2) is 12.1 Å². The van der Waals surface area contributed by atoms with Crippen molar-refractivity contribution >= 4 is 5.91 Å². The highest BCUT2D eigenvalue weighted by Gasteiger charge is 2.50. The first-order chi connectivity index (χ1) is 13.2. The Morgan fingerprint density at radius 3 is 2.56 bits per heavy atom. The molecule has 0 aliphatic carbocycles. The highest BCUT2D eigenvalue weighted by atomic mass is 16.6. The number of hydrogen-bond acceptors (Lipinski definition) is 6. The summed E-state index contributed by atoms with van der Waals surface area (Å²) in [4.78, 5) is 17.3. The molecule has 148 valence electrons. The molecule has 2 fully saturated rings. The number of β-amino-alcohol motifs (C(OH)–C–C–N with tert-alkyl or cyclic N) is 1. The largest absolute Gasteiger partial charge is 0.496 e. The number of fused-ring (bicyclic) bond motifs is 1.